The molecule has 1 aromatic rings. The van der Waals surface area contributed by atoms with E-state index in [4.69, 9.17) is 9.47 Å². The molecule has 0 aliphatic carbocycles. The summed E-state index contributed by atoms with van der Waals surface area (Å²) in [6.45, 7) is 3.99. The number of ether oxygens (including phenoxy) is 2. The molecule has 6 heteroatoms. The molecular formula is C14H20BrNO4. The predicted octanol–water partition coefficient (Wildman–Crippen LogP) is 2.21. The Morgan fingerprint density at radius 1 is 1.30 bits per heavy atom. The molecule has 0 aromatic heterocycles. The number of halogens is 1. The molecule has 1 rings (SSSR count). The van der Waals surface area contributed by atoms with Crippen LogP contribution in [0.3, 0.4) is 0 Å². The lowest BCUT2D eigenvalue weighted by molar-refractivity contribution is 0.0871. The molecule has 0 saturated heterocycles. The number of carbonyl (C=O) groups is 1. The number of hydrogen-bond acceptors (Lipinski definition) is 4. The third-order valence-electron chi connectivity index (χ3n) is 2.95. The molecule has 20 heavy (non-hydrogen) atoms. The number of hydrogen-bond donors (Lipinski definition) is 2. The van der Waals surface area contributed by atoms with Gasteiger partial charge in [0, 0.05) is 12.1 Å². The summed E-state index contributed by atoms with van der Waals surface area (Å²) >= 11 is 3.34. The van der Waals surface area contributed by atoms with Crippen molar-refractivity contribution in [1.29, 1.82) is 0 Å². The molecule has 1 atom stereocenters. The standard InChI is InChI=1S/C14H20BrNO4/c1-8(2)10(17)7-16-14(18)9-5-11(19-3)13(15)12(6-9)20-4/h5-6,8,10,17H,7H2,1-4H3,(H,16,18). The van der Waals surface area contributed by atoms with Crippen LogP contribution in [0.2, 0.25) is 0 Å². The van der Waals surface area contributed by atoms with Crippen molar-refractivity contribution in [2.45, 2.75) is 20.0 Å². The van der Waals surface area contributed by atoms with Crippen molar-refractivity contribution < 1.29 is 19.4 Å². The zero-order valence-corrected chi connectivity index (χ0v) is 13.7. The van der Waals surface area contributed by atoms with Crippen LogP contribution < -0.4 is 14.8 Å². The largest absolute Gasteiger partial charge is 0.495 e. The normalized spacial score (nSPS) is 12.2. The average Bonchev–Trinajstić information content (AvgIpc) is 2.44. The van der Waals surface area contributed by atoms with Crippen molar-refractivity contribution in [3.63, 3.8) is 0 Å². The van der Waals surface area contributed by atoms with E-state index >= 15 is 0 Å². The molecule has 0 spiro atoms. The van der Waals surface area contributed by atoms with Gasteiger partial charge in [-0.2, -0.15) is 0 Å². The first-order chi connectivity index (χ1) is 9.40. The van der Waals surface area contributed by atoms with Crippen molar-refractivity contribution in [2.75, 3.05) is 20.8 Å². The third kappa shape index (κ3) is 4.11. The maximum Gasteiger partial charge on any atom is 0.251 e. The molecule has 0 radical (unpaired) electrons. The molecule has 0 bridgehead atoms. The minimum absolute atomic E-state index is 0.0873. The highest BCUT2D eigenvalue weighted by Gasteiger charge is 2.16. The number of benzene rings is 1. The minimum Gasteiger partial charge on any atom is -0.495 e. The van der Waals surface area contributed by atoms with Gasteiger partial charge in [-0.3, -0.25) is 4.79 Å². The Bertz CT molecular complexity index is 451. The van der Waals surface area contributed by atoms with Crippen molar-refractivity contribution in [3.8, 4) is 11.5 Å². The van der Waals surface area contributed by atoms with Gasteiger partial charge in [-0.1, -0.05) is 13.8 Å². The molecule has 0 saturated carbocycles. The number of carbonyl (C=O) groups excluding carboxylic acids is 1. The summed E-state index contributed by atoms with van der Waals surface area (Å²) in [5, 5.41) is 12.4. The van der Waals surface area contributed by atoms with Gasteiger partial charge < -0.3 is 19.9 Å². The van der Waals surface area contributed by atoms with E-state index in [1.54, 1.807) is 12.1 Å². The summed E-state index contributed by atoms with van der Waals surface area (Å²) in [5.41, 5.74) is 0.415. The molecule has 5 nitrogen and oxygen atoms in total. The first-order valence-corrected chi connectivity index (χ1v) is 7.07. The van der Waals surface area contributed by atoms with Crippen LogP contribution in [-0.2, 0) is 0 Å². The van der Waals surface area contributed by atoms with Crippen molar-refractivity contribution in [1.82, 2.24) is 5.32 Å². The average molecular weight is 346 g/mol. The Kier molecular flexibility index (Phi) is 6.29. The number of methoxy groups -OCH3 is 2. The van der Waals surface area contributed by atoms with E-state index in [2.05, 4.69) is 21.2 Å². The molecule has 1 unspecified atom stereocenters. The summed E-state index contributed by atoms with van der Waals surface area (Å²) in [6.07, 6.45) is -0.571. The Morgan fingerprint density at radius 3 is 2.20 bits per heavy atom. The topological polar surface area (TPSA) is 67.8 Å². The van der Waals surface area contributed by atoms with Crippen LogP contribution in [-0.4, -0.2) is 37.9 Å². The Morgan fingerprint density at radius 2 is 1.80 bits per heavy atom. The van der Waals surface area contributed by atoms with Crippen LogP contribution in [0, 0.1) is 5.92 Å². The van der Waals surface area contributed by atoms with E-state index in [1.807, 2.05) is 13.8 Å². The number of nitrogens with one attached hydrogen (secondary N) is 1. The number of aliphatic hydroxyl groups excluding tert-OH is 1. The van der Waals surface area contributed by atoms with Crippen LogP contribution in [0.25, 0.3) is 0 Å². The molecule has 0 fully saturated rings. The van der Waals surface area contributed by atoms with Gasteiger partial charge in [-0.25, -0.2) is 0 Å². The highest BCUT2D eigenvalue weighted by atomic mass is 79.9. The number of amides is 1. The van der Waals surface area contributed by atoms with Gasteiger partial charge in [0.2, 0.25) is 0 Å². The molecule has 2 N–H and O–H groups in total. The van der Waals surface area contributed by atoms with Gasteiger partial charge in [-0.05, 0) is 34.0 Å². The fraction of sp³-hybridized carbons (Fsp3) is 0.500. The van der Waals surface area contributed by atoms with Crippen molar-refractivity contribution in [3.05, 3.63) is 22.2 Å². The maximum atomic E-state index is 12.1. The van der Waals surface area contributed by atoms with Gasteiger partial charge in [0.05, 0.1) is 20.3 Å². The number of rotatable bonds is 6. The second-order valence-corrected chi connectivity index (χ2v) is 5.51. The van der Waals surface area contributed by atoms with E-state index in [0.29, 0.717) is 21.5 Å². The second kappa shape index (κ2) is 7.50. The van der Waals surface area contributed by atoms with E-state index in [9.17, 15) is 9.90 Å². The quantitative estimate of drug-likeness (QED) is 0.829. The van der Waals surface area contributed by atoms with Gasteiger partial charge in [-0.15, -0.1) is 0 Å². The van der Waals surface area contributed by atoms with Gasteiger partial charge in [0.15, 0.2) is 0 Å². The summed E-state index contributed by atoms with van der Waals surface area (Å²) in [6, 6.07) is 3.23. The van der Waals surface area contributed by atoms with E-state index in [0.717, 1.165) is 0 Å². The van der Waals surface area contributed by atoms with E-state index in [1.165, 1.54) is 14.2 Å². The SMILES string of the molecule is COc1cc(C(=O)NCC(O)C(C)C)cc(OC)c1Br. The highest BCUT2D eigenvalue weighted by molar-refractivity contribution is 9.10. The number of aliphatic hydroxyl groups is 1. The lowest BCUT2D eigenvalue weighted by Gasteiger charge is -2.16. The fourth-order valence-corrected chi connectivity index (χ4v) is 2.09. The zero-order chi connectivity index (χ0) is 15.3. The zero-order valence-electron chi connectivity index (χ0n) is 12.1. The summed E-state index contributed by atoms with van der Waals surface area (Å²) in [4.78, 5) is 12.1. The van der Waals surface area contributed by atoms with Crippen LogP contribution in [0.15, 0.2) is 16.6 Å². The van der Waals surface area contributed by atoms with Gasteiger partial charge in [0.1, 0.15) is 16.0 Å². The first-order valence-electron chi connectivity index (χ1n) is 6.28. The van der Waals surface area contributed by atoms with Gasteiger partial charge in [0.25, 0.3) is 5.91 Å². The highest BCUT2D eigenvalue weighted by Crippen LogP contribution is 2.35. The Hall–Kier alpha value is -1.27. The second-order valence-electron chi connectivity index (χ2n) is 4.72. The third-order valence-corrected chi connectivity index (χ3v) is 3.73. The summed E-state index contributed by atoms with van der Waals surface area (Å²) < 4.78 is 11.0. The smallest absolute Gasteiger partial charge is 0.251 e. The lowest BCUT2D eigenvalue weighted by atomic mass is 10.1. The molecule has 1 amide bonds. The van der Waals surface area contributed by atoms with Crippen LogP contribution in [0.4, 0.5) is 0 Å². The van der Waals surface area contributed by atoms with E-state index < -0.39 is 6.10 Å². The van der Waals surface area contributed by atoms with Crippen LogP contribution >= 0.6 is 15.9 Å². The Balaban J connectivity index is 2.88. The molecular weight excluding hydrogens is 326 g/mol. The molecule has 0 heterocycles. The van der Waals surface area contributed by atoms with Crippen molar-refractivity contribution >= 4 is 21.8 Å². The summed E-state index contributed by atoms with van der Waals surface area (Å²) in [7, 11) is 3.04. The Labute approximate surface area is 127 Å². The van der Waals surface area contributed by atoms with Gasteiger partial charge >= 0.3 is 0 Å². The molecule has 0 aliphatic rings. The lowest BCUT2D eigenvalue weighted by Crippen LogP contribution is -2.34. The summed E-state index contributed by atoms with van der Waals surface area (Å²) in [5.74, 6) is 0.830. The minimum atomic E-state index is -0.571. The molecule has 112 valence electrons. The van der Waals surface area contributed by atoms with Crippen LogP contribution in [0.1, 0.15) is 24.2 Å². The predicted molar refractivity (Wildman–Crippen MR) is 80.4 cm³/mol. The molecule has 1 aromatic carbocycles. The maximum absolute atomic E-state index is 12.1. The van der Waals surface area contributed by atoms with Crippen LogP contribution in [0.5, 0.6) is 11.5 Å². The van der Waals surface area contributed by atoms with Crippen molar-refractivity contribution in [2.24, 2.45) is 5.92 Å². The molecule has 0 aliphatic heterocycles. The fourth-order valence-electron chi connectivity index (χ4n) is 1.54. The van der Waals surface area contributed by atoms with E-state index in [-0.39, 0.29) is 18.4 Å². The first kappa shape index (κ1) is 16.8. The monoisotopic (exact) mass is 345 g/mol.